The van der Waals surface area contributed by atoms with Crippen LogP contribution >= 0.6 is 11.6 Å². The van der Waals surface area contributed by atoms with E-state index in [1.165, 1.54) is 12.1 Å². The van der Waals surface area contributed by atoms with Gasteiger partial charge in [-0.1, -0.05) is 36.7 Å². The molecule has 0 saturated carbocycles. The summed E-state index contributed by atoms with van der Waals surface area (Å²) in [5.74, 6) is -1.44. The summed E-state index contributed by atoms with van der Waals surface area (Å²) in [6.45, 7) is 1.90. The molecule has 2 rings (SSSR count). The Hall–Kier alpha value is -2.60. The van der Waals surface area contributed by atoms with Crippen molar-refractivity contribution in [1.29, 1.82) is 0 Å². The van der Waals surface area contributed by atoms with Gasteiger partial charge in [0.05, 0.1) is 24.6 Å². The number of halogens is 2. The van der Waals surface area contributed by atoms with Crippen molar-refractivity contribution >= 4 is 23.5 Å². The Balaban J connectivity index is 2.07. The molecule has 0 aliphatic heterocycles. The first-order valence-corrected chi connectivity index (χ1v) is 8.78. The molecule has 2 N–H and O–H groups in total. The van der Waals surface area contributed by atoms with Crippen molar-refractivity contribution in [3.63, 3.8) is 0 Å². The lowest BCUT2D eigenvalue weighted by Gasteiger charge is -2.19. The van der Waals surface area contributed by atoms with Gasteiger partial charge in [0.1, 0.15) is 11.6 Å². The summed E-state index contributed by atoms with van der Waals surface area (Å²) in [6.07, 6.45) is -0.192. The fourth-order valence-corrected chi connectivity index (χ4v) is 2.86. The molecule has 0 fully saturated rings. The number of amides is 1. The van der Waals surface area contributed by atoms with Crippen LogP contribution in [0.15, 0.2) is 42.5 Å². The smallest absolute Gasteiger partial charge is 0.305 e. The number of carboxylic acid groups (broad SMARTS) is 1. The van der Waals surface area contributed by atoms with Crippen LogP contribution in [0.25, 0.3) is 0 Å². The largest absolute Gasteiger partial charge is 0.497 e. The van der Waals surface area contributed by atoms with E-state index in [-0.39, 0.29) is 29.7 Å². The number of aliphatic carboxylic acids is 1. The van der Waals surface area contributed by atoms with E-state index in [1.54, 1.807) is 7.11 Å². The molecule has 2 atom stereocenters. The summed E-state index contributed by atoms with van der Waals surface area (Å²) in [5, 5.41) is 11.7. The summed E-state index contributed by atoms with van der Waals surface area (Å²) < 4.78 is 18.8. The lowest BCUT2D eigenvalue weighted by atomic mass is 9.96. The van der Waals surface area contributed by atoms with E-state index < -0.39 is 17.8 Å². The minimum atomic E-state index is -1.10. The molecule has 0 aromatic heterocycles. The van der Waals surface area contributed by atoms with Crippen molar-refractivity contribution in [2.24, 2.45) is 0 Å². The molecule has 27 heavy (non-hydrogen) atoms. The van der Waals surface area contributed by atoms with Crippen LogP contribution in [0.2, 0.25) is 5.02 Å². The second kappa shape index (κ2) is 9.37. The maximum atomic E-state index is 13.7. The number of ether oxygens (including phenoxy) is 1. The number of benzene rings is 2. The Morgan fingerprint density at radius 2 is 1.78 bits per heavy atom. The van der Waals surface area contributed by atoms with Crippen LogP contribution < -0.4 is 10.1 Å². The minimum absolute atomic E-state index is 0.0627. The molecular weight excluding hydrogens is 373 g/mol. The first kappa shape index (κ1) is 20.7. The Kier molecular flexibility index (Phi) is 7.19. The van der Waals surface area contributed by atoms with E-state index in [9.17, 15) is 14.0 Å². The Labute approximate surface area is 162 Å². The normalized spacial score (nSPS) is 12.9. The standard InChI is InChI=1S/C20H21ClFNO4/c1-12(13-3-6-15(27-2)7-4-13)9-19(24)23-18(11-20(25)26)14-5-8-16(21)17(22)10-14/h3-8,10,12,18H,9,11H2,1-2H3,(H,23,24)(H,25,26). The number of carboxylic acids is 1. The van der Waals surface area contributed by atoms with E-state index >= 15 is 0 Å². The lowest BCUT2D eigenvalue weighted by molar-refractivity contribution is -0.137. The van der Waals surface area contributed by atoms with Crippen molar-refractivity contribution in [1.82, 2.24) is 5.32 Å². The molecule has 0 radical (unpaired) electrons. The van der Waals surface area contributed by atoms with Gasteiger partial charge in [-0.3, -0.25) is 9.59 Å². The molecular formula is C20H21ClFNO4. The summed E-state index contributed by atoms with van der Waals surface area (Å²) >= 11 is 5.67. The zero-order chi connectivity index (χ0) is 20.0. The second-order valence-corrected chi connectivity index (χ2v) is 6.68. The maximum absolute atomic E-state index is 13.7. The van der Waals surface area contributed by atoms with Crippen molar-refractivity contribution in [3.05, 3.63) is 64.4 Å². The number of nitrogens with one attached hydrogen (secondary N) is 1. The summed E-state index contributed by atoms with van der Waals surface area (Å²) in [7, 11) is 1.58. The first-order chi connectivity index (χ1) is 12.8. The van der Waals surface area contributed by atoms with E-state index in [2.05, 4.69) is 5.32 Å². The highest BCUT2D eigenvalue weighted by Crippen LogP contribution is 2.25. The molecule has 0 heterocycles. The molecule has 5 nitrogen and oxygen atoms in total. The van der Waals surface area contributed by atoms with Crippen LogP contribution in [0.1, 0.15) is 42.9 Å². The zero-order valence-electron chi connectivity index (χ0n) is 15.0. The van der Waals surface area contributed by atoms with Gasteiger partial charge in [-0.25, -0.2) is 4.39 Å². The van der Waals surface area contributed by atoms with Crippen molar-refractivity contribution < 1.29 is 23.8 Å². The molecule has 2 unspecified atom stereocenters. The average Bonchev–Trinajstić information content (AvgIpc) is 2.63. The predicted molar refractivity (Wildman–Crippen MR) is 101 cm³/mol. The van der Waals surface area contributed by atoms with Crippen molar-refractivity contribution in [2.75, 3.05) is 7.11 Å². The Morgan fingerprint density at radius 3 is 2.33 bits per heavy atom. The van der Waals surface area contributed by atoms with Crippen LogP contribution in [-0.2, 0) is 9.59 Å². The van der Waals surface area contributed by atoms with Gasteiger partial charge in [0.15, 0.2) is 0 Å². The van der Waals surface area contributed by atoms with Gasteiger partial charge in [0, 0.05) is 6.42 Å². The zero-order valence-corrected chi connectivity index (χ0v) is 15.8. The SMILES string of the molecule is COc1ccc(C(C)CC(=O)NC(CC(=O)O)c2ccc(Cl)c(F)c2)cc1. The highest BCUT2D eigenvalue weighted by Gasteiger charge is 2.21. The molecule has 0 saturated heterocycles. The number of rotatable bonds is 8. The fourth-order valence-electron chi connectivity index (χ4n) is 2.74. The van der Waals surface area contributed by atoms with E-state index in [4.69, 9.17) is 21.4 Å². The van der Waals surface area contributed by atoms with Gasteiger partial charge in [0.25, 0.3) is 0 Å². The number of carbonyl (C=O) groups is 2. The molecule has 1 amide bonds. The molecule has 2 aromatic carbocycles. The average molecular weight is 394 g/mol. The number of methoxy groups -OCH3 is 1. The molecule has 144 valence electrons. The highest BCUT2D eigenvalue weighted by molar-refractivity contribution is 6.30. The van der Waals surface area contributed by atoms with E-state index in [0.29, 0.717) is 5.56 Å². The molecule has 0 bridgehead atoms. The van der Waals surface area contributed by atoms with Crippen LogP contribution in [0.3, 0.4) is 0 Å². The highest BCUT2D eigenvalue weighted by atomic mass is 35.5. The topological polar surface area (TPSA) is 75.6 Å². The van der Waals surface area contributed by atoms with Crippen LogP contribution in [-0.4, -0.2) is 24.1 Å². The minimum Gasteiger partial charge on any atom is -0.497 e. The number of carbonyl (C=O) groups excluding carboxylic acids is 1. The number of hydrogen-bond acceptors (Lipinski definition) is 3. The maximum Gasteiger partial charge on any atom is 0.305 e. The number of hydrogen-bond donors (Lipinski definition) is 2. The van der Waals surface area contributed by atoms with Gasteiger partial charge < -0.3 is 15.2 Å². The lowest BCUT2D eigenvalue weighted by Crippen LogP contribution is -2.31. The molecule has 2 aromatic rings. The van der Waals surface area contributed by atoms with Gasteiger partial charge in [0.2, 0.25) is 5.91 Å². The van der Waals surface area contributed by atoms with E-state index in [1.807, 2.05) is 31.2 Å². The van der Waals surface area contributed by atoms with Crippen LogP contribution in [0, 0.1) is 5.82 Å². The van der Waals surface area contributed by atoms with Gasteiger partial charge in [-0.2, -0.15) is 0 Å². The Morgan fingerprint density at radius 1 is 1.15 bits per heavy atom. The summed E-state index contributed by atoms with van der Waals surface area (Å²) in [4.78, 5) is 23.6. The summed E-state index contributed by atoms with van der Waals surface area (Å²) in [6, 6.07) is 10.5. The first-order valence-electron chi connectivity index (χ1n) is 8.40. The fraction of sp³-hybridized carbons (Fsp3) is 0.300. The molecule has 0 aliphatic rings. The quantitative estimate of drug-likeness (QED) is 0.700. The third-order valence-corrected chi connectivity index (χ3v) is 4.54. The van der Waals surface area contributed by atoms with Gasteiger partial charge in [-0.15, -0.1) is 0 Å². The summed E-state index contributed by atoms with van der Waals surface area (Å²) in [5.41, 5.74) is 1.31. The molecule has 0 spiro atoms. The second-order valence-electron chi connectivity index (χ2n) is 6.27. The molecule has 0 aliphatic carbocycles. The Bertz CT molecular complexity index is 810. The third-order valence-electron chi connectivity index (χ3n) is 4.24. The van der Waals surface area contributed by atoms with Gasteiger partial charge in [-0.05, 0) is 41.3 Å². The van der Waals surface area contributed by atoms with Gasteiger partial charge >= 0.3 is 5.97 Å². The van der Waals surface area contributed by atoms with E-state index in [0.717, 1.165) is 17.4 Å². The monoisotopic (exact) mass is 393 g/mol. The van der Waals surface area contributed by atoms with Crippen LogP contribution in [0.5, 0.6) is 5.75 Å². The molecule has 7 heteroatoms. The van der Waals surface area contributed by atoms with Crippen molar-refractivity contribution in [2.45, 2.75) is 31.7 Å². The van der Waals surface area contributed by atoms with Crippen molar-refractivity contribution in [3.8, 4) is 5.75 Å². The predicted octanol–water partition coefficient (Wildman–Crippen LogP) is 4.31. The third kappa shape index (κ3) is 5.96. The van der Waals surface area contributed by atoms with Crippen LogP contribution in [0.4, 0.5) is 4.39 Å².